The van der Waals surface area contributed by atoms with Crippen molar-refractivity contribution in [2.45, 2.75) is 13.3 Å². The minimum atomic E-state index is 0.130. The molecule has 0 saturated heterocycles. The first-order valence-electron chi connectivity index (χ1n) is 5.92. The van der Waals surface area contributed by atoms with Crippen LogP contribution in [-0.2, 0) is 6.42 Å². The van der Waals surface area contributed by atoms with Crippen molar-refractivity contribution in [1.82, 2.24) is 0 Å². The Bertz CT molecular complexity index is 559. The molecule has 0 amide bonds. The van der Waals surface area contributed by atoms with Gasteiger partial charge in [-0.1, -0.05) is 60.6 Å². The van der Waals surface area contributed by atoms with E-state index in [4.69, 9.17) is 10.9 Å². The third kappa shape index (κ3) is 2.35. The molecule has 18 heavy (non-hydrogen) atoms. The Hall–Kier alpha value is -2.29. The van der Waals surface area contributed by atoms with E-state index in [-0.39, 0.29) is 5.84 Å². The smallest absolute Gasteiger partial charge is 0.170 e. The highest BCUT2D eigenvalue weighted by atomic mass is 16.4. The van der Waals surface area contributed by atoms with Crippen LogP contribution in [0.5, 0.6) is 0 Å². The second kappa shape index (κ2) is 5.36. The van der Waals surface area contributed by atoms with Crippen LogP contribution in [0.1, 0.15) is 18.1 Å². The van der Waals surface area contributed by atoms with Gasteiger partial charge in [0.05, 0.1) is 0 Å². The number of hydrogen-bond acceptors (Lipinski definition) is 2. The number of rotatable bonds is 3. The lowest BCUT2D eigenvalue weighted by atomic mass is 9.98. The Morgan fingerprint density at radius 2 is 1.78 bits per heavy atom. The van der Waals surface area contributed by atoms with Crippen molar-refractivity contribution >= 4 is 5.84 Å². The number of amidine groups is 1. The third-order valence-corrected chi connectivity index (χ3v) is 2.98. The lowest BCUT2D eigenvalue weighted by Crippen LogP contribution is -2.14. The number of aryl methyl sites for hydroxylation is 1. The first kappa shape index (κ1) is 12.2. The van der Waals surface area contributed by atoms with Crippen LogP contribution in [0.2, 0.25) is 0 Å². The van der Waals surface area contributed by atoms with E-state index < -0.39 is 0 Å². The van der Waals surface area contributed by atoms with Crippen molar-refractivity contribution < 1.29 is 5.21 Å². The molecule has 0 aliphatic heterocycles. The molecule has 0 radical (unpaired) electrons. The zero-order chi connectivity index (χ0) is 13.0. The molecular formula is C15H16N2O. The number of benzene rings is 2. The zero-order valence-electron chi connectivity index (χ0n) is 10.3. The largest absolute Gasteiger partial charge is 0.409 e. The van der Waals surface area contributed by atoms with E-state index in [1.807, 2.05) is 24.3 Å². The maximum absolute atomic E-state index is 8.80. The summed E-state index contributed by atoms with van der Waals surface area (Å²) in [4.78, 5) is 0. The number of nitrogens with two attached hydrogens (primary N) is 1. The molecule has 3 N–H and O–H groups in total. The highest BCUT2D eigenvalue weighted by Crippen LogP contribution is 2.24. The molecule has 2 aromatic carbocycles. The van der Waals surface area contributed by atoms with Crippen molar-refractivity contribution in [3.8, 4) is 11.1 Å². The summed E-state index contributed by atoms with van der Waals surface area (Å²) in [5.74, 6) is 0.130. The van der Waals surface area contributed by atoms with Crippen molar-refractivity contribution in [2.75, 3.05) is 0 Å². The number of nitrogens with zero attached hydrogens (tertiary/aromatic N) is 1. The van der Waals surface area contributed by atoms with Crippen LogP contribution < -0.4 is 5.73 Å². The second-order valence-corrected chi connectivity index (χ2v) is 4.08. The summed E-state index contributed by atoms with van der Waals surface area (Å²) >= 11 is 0. The van der Waals surface area contributed by atoms with E-state index in [1.165, 1.54) is 5.56 Å². The fraction of sp³-hybridized carbons (Fsp3) is 0.133. The molecule has 0 unspecified atom stereocenters. The molecule has 0 spiro atoms. The molecule has 0 atom stereocenters. The van der Waals surface area contributed by atoms with Crippen LogP contribution in [0.15, 0.2) is 53.7 Å². The molecule has 0 aromatic heterocycles. The van der Waals surface area contributed by atoms with E-state index in [9.17, 15) is 0 Å². The minimum absolute atomic E-state index is 0.130. The van der Waals surface area contributed by atoms with Gasteiger partial charge >= 0.3 is 0 Å². The van der Waals surface area contributed by atoms with E-state index in [1.54, 1.807) is 0 Å². The number of oxime groups is 1. The summed E-state index contributed by atoms with van der Waals surface area (Å²) in [6.07, 6.45) is 1.02. The van der Waals surface area contributed by atoms with E-state index in [0.29, 0.717) is 0 Å². The molecule has 0 heterocycles. The van der Waals surface area contributed by atoms with Crippen molar-refractivity contribution in [1.29, 1.82) is 0 Å². The molecule has 0 bridgehead atoms. The van der Waals surface area contributed by atoms with Crippen LogP contribution in [0, 0.1) is 0 Å². The molecule has 0 fully saturated rings. The van der Waals surface area contributed by atoms with Crippen molar-refractivity contribution in [3.63, 3.8) is 0 Å². The minimum Gasteiger partial charge on any atom is -0.409 e. The van der Waals surface area contributed by atoms with Crippen molar-refractivity contribution in [3.05, 3.63) is 59.7 Å². The molecule has 92 valence electrons. The molecule has 0 aliphatic rings. The van der Waals surface area contributed by atoms with Crippen LogP contribution in [-0.4, -0.2) is 11.0 Å². The zero-order valence-corrected chi connectivity index (χ0v) is 10.3. The number of hydrogen-bond donors (Lipinski definition) is 2. The SMILES string of the molecule is CCc1ccc(-c2ccccc2/C(N)=N/O)cc1. The fourth-order valence-electron chi connectivity index (χ4n) is 1.93. The topological polar surface area (TPSA) is 58.6 Å². The Labute approximate surface area is 107 Å². The molecular weight excluding hydrogens is 224 g/mol. The summed E-state index contributed by atoms with van der Waals surface area (Å²) in [5.41, 5.74) is 9.75. The first-order chi connectivity index (χ1) is 8.76. The molecule has 0 saturated carbocycles. The van der Waals surface area contributed by atoms with Gasteiger partial charge in [0.15, 0.2) is 5.84 Å². The summed E-state index contributed by atoms with van der Waals surface area (Å²) in [7, 11) is 0. The maximum Gasteiger partial charge on any atom is 0.170 e. The van der Waals surface area contributed by atoms with E-state index >= 15 is 0 Å². The van der Waals surface area contributed by atoms with Gasteiger partial charge in [-0.25, -0.2) is 0 Å². The third-order valence-electron chi connectivity index (χ3n) is 2.98. The molecule has 3 nitrogen and oxygen atoms in total. The van der Waals surface area contributed by atoms with Crippen LogP contribution in [0.25, 0.3) is 11.1 Å². The van der Waals surface area contributed by atoms with Gasteiger partial charge in [-0.05, 0) is 23.1 Å². The Morgan fingerprint density at radius 3 is 2.39 bits per heavy atom. The Balaban J connectivity index is 2.49. The summed E-state index contributed by atoms with van der Waals surface area (Å²) in [6.45, 7) is 2.12. The molecule has 2 rings (SSSR count). The van der Waals surface area contributed by atoms with Gasteiger partial charge in [0, 0.05) is 5.56 Å². The lowest BCUT2D eigenvalue weighted by Gasteiger charge is -2.08. The van der Waals surface area contributed by atoms with Gasteiger partial charge in [-0.3, -0.25) is 0 Å². The van der Waals surface area contributed by atoms with Crippen LogP contribution in [0.3, 0.4) is 0 Å². The molecule has 0 aliphatic carbocycles. The predicted molar refractivity (Wildman–Crippen MR) is 73.8 cm³/mol. The molecule has 2 aromatic rings. The Kier molecular flexibility index (Phi) is 3.63. The van der Waals surface area contributed by atoms with Gasteiger partial charge in [0.1, 0.15) is 0 Å². The van der Waals surface area contributed by atoms with Gasteiger partial charge in [-0.15, -0.1) is 0 Å². The van der Waals surface area contributed by atoms with Gasteiger partial charge < -0.3 is 10.9 Å². The quantitative estimate of drug-likeness (QED) is 0.375. The molecule has 3 heteroatoms. The van der Waals surface area contributed by atoms with Gasteiger partial charge in [0.25, 0.3) is 0 Å². The fourth-order valence-corrected chi connectivity index (χ4v) is 1.93. The predicted octanol–water partition coefficient (Wildman–Crippen LogP) is 3.01. The van der Waals surface area contributed by atoms with Crippen molar-refractivity contribution in [2.24, 2.45) is 10.9 Å². The second-order valence-electron chi connectivity index (χ2n) is 4.08. The monoisotopic (exact) mass is 240 g/mol. The highest BCUT2D eigenvalue weighted by molar-refractivity contribution is 6.03. The summed E-state index contributed by atoms with van der Waals surface area (Å²) in [6, 6.07) is 15.9. The average Bonchev–Trinajstić information content (AvgIpc) is 2.46. The maximum atomic E-state index is 8.80. The van der Waals surface area contributed by atoms with Gasteiger partial charge in [-0.2, -0.15) is 0 Å². The van der Waals surface area contributed by atoms with Crippen LogP contribution in [0.4, 0.5) is 0 Å². The average molecular weight is 240 g/mol. The Morgan fingerprint density at radius 1 is 1.11 bits per heavy atom. The van der Waals surface area contributed by atoms with E-state index in [0.717, 1.165) is 23.1 Å². The van der Waals surface area contributed by atoms with Gasteiger partial charge in [0.2, 0.25) is 0 Å². The first-order valence-corrected chi connectivity index (χ1v) is 5.92. The van der Waals surface area contributed by atoms with Crippen LogP contribution >= 0.6 is 0 Å². The lowest BCUT2D eigenvalue weighted by molar-refractivity contribution is 0.318. The summed E-state index contributed by atoms with van der Waals surface area (Å²) in [5, 5.41) is 11.9. The standard InChI is InChI=1S/C15H16N2O/c1-2-11-7-9-12(10-8-11)13-5-3-4-6-14(13)15(16)17-18/h3-10,18H,2H2,1H3,(H2,16,17). The highest BCUT2D eigenvalue weighted by Gasteiger charge is 2.07. The van der Waals surface area contributed by atoms with E-state index in [2.05, 4.69) is 36.3 Å². The summed E-state index contributed by atoms with van der Waals surface area (Å²) < 4.78 is 0. The normalized spacial score (nSPS) is 11.5.